The van der Waals surface area contributed by atoms with E-state index >= 15 is 0 Å². The number of hydrogen-bond acceptors (Lipinski definition) is 3. The molecule has 1 fully saturated rings. The Hall–Kier alpha value is -1.68. The van der Waals surface area contributed by atoms with E-state index in [-0.39, 0.29) is 17.9 Å². The molecule has 0 unspecified atom stereocenters. The van der Waals surface area contributed by atoms with E-state index in [0.717, 1.165) is 18.6 Å². The molecule has 0 saturated carbocycles. The largest absolute Gasteiger partial charge is 0.378 e. The Morgan fingerprint density at radius 3 is 2.81 bits per heavy atom. The van der Waals surface area contributed by atoms with Gasteiger partial charge in [-0.2, -0.15) is 0 Å². The Morgan fingerprint density at radius 1 is 1.31 bits per heavy atom. The lowest BCUT2D eigenvalue weighted by molar-refractivity contribution is -0.0492. The van der Waals surface area contributed by atoms with Crippen molar-refractivity contribution in [2.75, 3.05) is 6.61 Å². The number of rotatable bonds is 2. The van der Waals surface area contributed by atoms with Gasteiger partial charge in [-0.05, 0) is 24.5 Å². The summed E-state index contributed by atoms with van der Waals surface area (Å²) in [4.78, 5) is 23.0. The van der Waals surface area contributed by atoms with E-state index in [1.807, 2.05) is 12.1 Å². The summed E-state index contributed by atoms with van der Waals surface area (Å²) < 4.78 is 5.34. The van der Waals surface area contributed by atoms with Crippen molar-refractivity contribution in [3.63, 3.8) is 0 Å². The zero-order chi connectivity index (χ0) is 11.1. The van der Waals surface area contributed by atoms with Gasteiger partial charge in [-0.15, -0.1) is 0 Å². The van der Waals surface area contributed by atoms with Gasteiger partial charge in [-0.1, -0.05) is 12.1 Å². The van der Waals surface area contributed by atoms with E-state index < -0.39 is 0 Å². The number of carbonyl (C=O) groups excluding carboxylic acids is 2. The van der Waals surface area contributed by atoms with Crippen molar-refractivity contribution in [3.05, 3.63) is 34.9 Å². The smallest absolute Gasteiger partial charge is 0.259 e. The van der Waals surface area contributed by atoms with Crippen LogP contribution in [0.3, 0.4) is 0 Å². The summed E-state index contributed by atoms with van der Waals surface area (Å²) in [6.07, 6.45) is 1.94. The lowest BCUT2D eigenvalue weighted by Crippen LogP contribution is -2.29. The second-order valence-corrected chi connectivity index (χ2v) is 4.11. The molecular formula is C12H11NO3. The van der Waals surface area contributed by atoms with Gasteiger partial charge in [0.1, 0.15) is 0 Å². The number of nitrogens with one attached hydrogen (secondary N) is 1. The van der Waals surface area contributed by atoms with Crippen molar-refractivity contribution in [1.29, 1.82) is 0 Å². The minimum Gasteiger partial charge on any atom is -0.378 e. The lowest BCUT2D eigenvalue weighted by Gasteiger charge is -2.26. The van der Waals surface area contributed by atoms with Crippen LogP contribution in [0.25, 0.3) is 0 Å². The van der Waals surface area contributed by atoms with Crippen LogP contribution < -0.4 is 5.32 Å². The van der Waals surface area contributed by atoms with Crippen LogP contribution in [-0.2, 0) is 11.2 Å². The highest BCUT2D eigenvalue weighted by Crippen LogP contribution is 2.24. The predicted molar refractivity (Wildman–Crippen MR) is 56.3 cm³/mol. The quantitative estimate of drug-likeness (QED) is 0.749. The maximum atomic E-state index is 11.6. The highest BCUT2D eigenvalue weighted by atomic mass is 16.5. The van der Waals surface area contributed by atoms with Crippen molar-refractivity contribution in [2.24, 2.45) is 0 Å². The van der Waals surface area contributed by atoms with Crippen molar-refractivity contribution in [1.82, 2.24) is 5.32 Å². The highest BCUT2D eigenvalue weighted by molar-refractivity contribution is 6.22. The maximum Gasteiger partial charge on any atom is 0.259 e. The normalized spacial score (nSPS) is 22.6. The molecule has 82 valence electrons. The molecule has 4 heteroatoms. The van der Waals surface area contributed by atoms with Crippen molar-refractivity contribution >= 4 is 11.8 Å². The fraction of sp³-hybridized carbons (Fsp3) is 0.333. The molecule has 1 atom stereocenters. The van der Waals surface area contributed by atoms with Crippen molar-refractivity contribution < 1.29 is 14.3 Å². The molecule has 2 heterocycles. The molecule has 1 aromatic carbocycles. The first-order valence-corrected chi connectivity index (χ1v) is 5.35. The summed E-state index contributed by atoms with van der Waals surface area (Å²) >= 11 is 0. The molecule has 1 aromatic rings. The molecule has 0 spiro atoms. The first-order chi connectivity index (χ1) is 7.75. The maximum absolute atomic E-state index is 11.6. The first-order valence-electron chi connectivity index (χ1n) is 5.35. The molecule has 0 aromatic heterocycles. The van der Waals surface area contributed by atoms with Crippen molar-refractivity contribution in [3.8, 4) is 0 Å². The van der Waals surface area contributed by atoms with E-state index in [9.17, 15) is 9.59 Å². The molecule has 0 aliphatic carbocycles. The molecule has 2 amide bonds. The second kappa shape index (κ2) is 3.42. The first kappa shape index (κ1) is 9.54. The second-order valence-electron chi connectivity index (χ2n) is 4.11. The molecule has 3 rings (SSSR count). The third-order valence-corrected chi connectivity index (χ3v) is 3.09. The molecule has 2 aliphatic heterocycles. The molecule has 2 aliphatic rings. The van der Waals surface area contributed by atoms with Crippen LogP contribution >= 0.6 is 0 Å². The molecule has 1 saturated heterocycles. The summed E-state index contributed by atoms with van der Waals surface area (Å²) in [7, 11) is 0. The van der Waals surface area contributed by atoms with Gasteiger partial charge in [0, 0.05) is 6.61 Å². The average molecular weight is 217 g/mol. The van der Waals surface area contributed by atoms with Crippen LogP contribution in [0.1, 0.15) is 32.7 Å². The van der Waals surface area contributed by atoms with Gasteiger partial charge < -0.3 is 4.74 Å². The Morgan fingerprint density at radius 2 is 2.12 bits per heavy atom. The number of hydrogen-bond donors (Lipinski definition) is 1. The van der Waals surface area contributed by atoms with E-state index in [4.69, 9.17) is 4.74 Å². The monoisotopic (exact) mass is 217 g/mol. The summed E-state index contributed by atoms with van der Waals surface area (Å²) in [6.45, 7) is 0.796. The highest BCUT2D eigenvalue weighted by Gasteiger charge is 2.30. The fourth-order valence-corrected chi connectivity index (χ4v) is 2.15. The minimum absolute atomic E-state index is 0.204. The number of ether oxygens (including phenoxy) is 1. The number of imide groups is 1. The Bertz CT molecular complexity index is 477. The molecule has 1 N–H and O–H groups in total. The zero-order valence-electron chi connectivity index (χ0n) is 8.66. The molecular weight excluding hydrogens is 206 g/mol. The standard InChI is InChI=1S/C12H11NO3/c14-11-9-3-1-2-7(6-8-4-5-16-8)10(9)12(15)13-11/h1-3,8H,4-6H2,(H,13,14,15)/t8-/m1/s1. The van der Waals surface area contributed by atoms with E-state index in [1.165, 1.54) is 0 Å². The van der Waals surface area contributed by atoms with Crippen LogP contribution in [-0.4, -0.2) is 24.5 Å². The van der Waals surface area contributed by atoms with Gasteiger partial charge in [0.05, 0.1) is 17.2 Å². The van der Waals surface area contributed by atoms with Gasteiger partial charge in [0.15, 0.2) is 0 Å². The molecule has 0 bridgehead atoms. The molecule has 0 radical (unpaired) electrons. The third kappa shape index (κ3) is 1.34. The van der Waals surface area contributed by atoms with Crippen LogP contribution in [0.2, 0.25) is 0 Å². The SMILES string of the molecule is O=C1NC(=O)c2c(C[C@H]3CCO3)cccc21. The zero-order valence-corrected chi connectivity index (χ0v) is 8.66. The Labute approximate surface area is 92.6 Å². The third-order valence-electron chi connectivity index (χ3n) is 3.09. The van der Waals surface area contributed by atoms with Gasteiger partial charge in [-0.25, -0.2) is 0 Å². The number of fused-ring (bicyclic) bond motifs is 1. The molecule has 16 heavy (non-hydrogen) atoms. The average Bonchev–Trinajstić information content (AvgIpc) is 2.50. The van der Waals surface area contributed by atoms with Crippen LogP contribution in [0.5, 0.6) is 0 Å². The van der Waals surface area contributed by atoms with Crippen LogP contribution in [0, 0.1) is 0 Å². The van der Waals surface area contributed by atoms with Gasteiger partial charge in [0.25, 0.3) is 11.8 Å². The van der Waals surface area contributed by atoms with Crippen LogP contribution in [0.15, 0.2) is 18.2 Å². The predicted octanol–water partition coefficient (Wildman–Crippen LogP) is 0.902. The summed E-state index contributed by atoms with van der Waals surface area (Å²) in [5.41, 5.74) is 1.93. The fourth-order valence-electron chi connectivity index (χ4n) is 2.15. The molecule has 4 nitrogen and oxygen atoms in total. The lowest BCUT2D eigenvalue weighted by atomic mass is 9.96. The summed E-state index contributed by atoms with van der Waals surface area (Å²) in [5, 5.41) is 2.31. The topological polar surface area (TPSA) is 55.4 Å². The summed E-state index contributed by atoms with van der Waals surface area (Å²) in [5.74, 6) is -0.577. The number of benzene rings is 1. The van der Waals surface area contributed by atoms with Crippen molar-refractivity contribution in [2.45, 2.75) is 18.9 Å². The van der Waals surface area contributed by atoms with Gasteiger partial charge in [0.2, 0.25) is 0 Å². The van der Waals surface area contributed by atoms with E-state index in [0.29, 0.717) is 17.5 Å². The van der Waals surface area contributed by atoms with Gasteiger partial charge in [-0.3, -0.25) is 14.9 Å². The summed E-state index contributed by atoms with van der Waals surface area (Å²) in [6, 6.07) is 5.38. The minimum atomic E-state index is -0.295. The Balaban J connectivity index is 1.99. The number of carbonyl (C=O) groups is 2. The Kier molecular flexibility index (Phi) is 2.04. The van der Waals surface area contributed by atoms with Gasteiger partial charge >= 0.3 is 0 Å². The van der Waals surface area contributed by atoms with E-state index in [2.05, 4.69) is 5.32 Å². The van der Waals surface area contributed by atoms with Crippen LogP contribution in [0.4, 0.5) is 0 Å². The number of amides is 2. The van der Waals surface area contributed by atoms with E-state index in [1.54, 1.807) is 6.07 Å².